The Morgan fingerprint density at radius 1 is 1.42 bits per heavy atom. The lowest BCUT2D eigenvalue weighted by Gasteiger charge is -2.18. The van der Waals surface area contributed by atoms with E-state index in [0.29, 0.717) is 19.5 Å². The average molecular weight is 303 g/mol. The molecule has 1 unspecified atom stereocenters. The Bertz CT molecular complexity index is 572. The van der Waals surface area contributed by atoms with Crippen LogP contribution in [0.15, 0.2) is 23.1 Å². The molecule has 4 nitrogen and oxygen atoms in total. The fraction of sp³-hybridized carbons (Fsp3) is 0.538. The summed E-state index contributed by atoms with van der Waals surface area (Å²) in [4.78, 5) is 0.189. The molecular formula is C13H19ClN2O2S. The summed E-state index contributed by atoms with van der Waals surface area (Å²) in [6, 6.07) is 5.11. The molecule has 0 saturated carbocycles. The predicted molar refractivity (Wildman–Crippen MR) is 76.9 cm³/mol. The van der Waals surface area contributed by atoms with Crippen LogP contribution in [0.2, 0.25) is 5.02 Å². The van der Waals surface area contributed by atoms with Gasteiger partial charge < -0.3 is 5.73 Å². The van der Waals surface area contributed by atoms with E-state index < -0.39 is 10.0 Å². The van der Waals surface area contributed by atoms with Crippen LogP contribution in [0.5, 0.6) is 0 Å². The molecule has 0 aromatic heterocycles. The maximum atomic E-state index is 12.6. The van der Waals surface area contributed by atoms with E-state index >= 15 is 0 Å². The van der Waals surface area contributed by atoms with Gasteiger partial charge in [0.15, 0.2) is 0 Å². The summed E-state index contributed by atoms with van der Waals surface area (Å²) in [7, 11) is -3.54. The molecule has 2 N–H and O–H groups in total. The third kappa shape index (κ3) is 2.94. The molecule has 0 aliphatic carbocycles. The zero-order chi connectivity index (χ0) is 14.2. The number of hydrogen-bond acceptors (Lipinski definition) is 3. The number of halogens is 1. The predicted octanol–water partition coefficient (Wildman–Crippen LogP) is 2.19. The van der Waals surface area contributed by atoms with Gasteiger partial charge in [0.05, 0.1) is 5.02 Å². The van der Waals surface area contributed by atoms with Crippen LogP contribution < -0.4 is 5.73 Å². The van der Waals surface area contributed by atoms with Gasteiger partial charge in [-0.3, -0.25) is 0 Å². The topological polar surface area (TPSA) is 63.4 Å². The van der Waals surface area contributed by atoms with E-state index in [1.54, 1.807) is 12.1 Å². The highest BCUT2D eigenvalue weighted by Crippen LogP contribution is 2.29. The molecule has 6 heteroatoms. The largest absolute Gasteiger partial charge is 0.326 e. The van der Waals surface area contributed by atoms with Crippen molar-refractivity contribution in [1.29, 1.82) is 0 Å². The summed E-state index contributed by atoms with van der Waals surface area (Å²) in [5.41, 5.74) is 6.74. The average Bonchev–Trinajstić information content (AvgIpc) is 2.76. The van der Waals surface area contributed by atoms with Gasteiger partial charge in [-0.1, -0.05) is 31.5 Å². The van der Waals surface area contributed by atoms with E-state index in [1.165, 1.54) is 4.31 Å². The second-order valence-corrected chi connectivity index (χ2v) is 7.57. The summed E-state index contributed by atoms with van der Waals surface area (Å²) in [6.07, 6.45) is 0.695. The van der Waals surface area contributed by atoms with Gasteiger partial charge in [0, 0.05) is 19.1 Å². The molecular weight excluding hydrogens is 284 g/mol. The minimum Gasteiger partial charge on any atom is -0.326 e. The monoisotopic (exact) mass is 302 g/mol. The van der Waals surface area contributed by atoms with Gasteiger partial charge in [-0.25, -0.2) is 8.42 Å². The number of hydrogen-bond donors (Lipinski definition) is 1. The molecule has 1 fully saturated rings. The van der Waals surface area contributed by atoms with Crippen molar-refractivity contribution < 1.29 is 8.42 Å². The summed E-state index contributed by atoms with van der Waals surface area (Å²) >= 11 is 6.06. The number of benzene rings is 1. The lowest BCUT2D eigenvalue weighted by Crippen LogP contribution is -2.32. The second kappa shape index (κ2) is 5.40. The number of sulfonamides is 1. The molecule has 1 saturated heterocycles. The Morgan fingerprint density at radius 3 is 2.63 bits per heavy atom. The quantitative estimate of drug-likeness (QED) is 0.931. The number of nitrogens with zero attached hydrogens (tertiary/aromatic N) is 1. The minimum absolute atomic E-state index is 0.0816. The molecule has 0 bridgehead atoms. The fourth-order valence-corrected chi connectivity index (χ4v) is 4.21. The fourth-order valence-electron chi connectivity index (χ4n) is 2.19. The molecule has 1 aliphatic heterocycles. The van der Waals surface area contributed by atoms with E-state index in [9.17, 15) is 8.42 Å². The van der Waals surface area contributed by atoms with E-state index in [2.05, 4.69) is 0 Å². The summed E-state index contributed by atoms with van der Waals surface area (Å²) in [6.45, 7) is 4.87. The molecule has 2 rings (SSSR count). The highest BCUT2D eigenvalue weighted by molar-refractivity contribution is 7.89. The van der Waals surface area contributed by atoms with Crippen molar-refractivity contribution in [2.75, 3.05) is 13.1 Å². The Labute approximate surface area is 119 Å². The second-order valence-electron chi connectivity index (χ2n) is 5.26. The lowest BCUT2D eigenvalue weighted by molar-refractivity contribution is 0.472. The normalized spacial score (nSPS) is 21.2. The van der Waals surface area contributed by atoms with Crippen LogP contribution >= 0.6 is 11.6 Å². The van der Waals surface area contributed by atoms with Crippen LogP contribution in [0.25, 0.3) is 0 Å². The molecule has 1 aromatic carbocycles. The lowest BCUT2D eigenvalue weighted by atomic mass is 10.0. The molecule has 0 spiro atoms. The van der Waals surface area contributed by atoms with Gasteiger partial charge in [0.25, 0.3) is 0 Å². The van der Waals surface area contributed by atoms with Crippen LogP contribution in [-0.4, -0.2) is 31.9 Å². The first-order valence-electron chi connectivity index (χ1n) is 6.37. The van der Waals surface area contributed by atoms with Gasteiger partial charge in [-0.05, 0) is 30.0 Å². The van der Waals surface area contributed by atoms with Crippen molar-refractivity contribution in [2.45, 2.75) is 37.1 Å². The van der Waals surface area contributed by atoms with Gasteiger partial charge >= 0.3 is 0 Å². The van der Waals surface area contributed by atoms with Crippen molar-refractivity contribution >= 4 is 21.6 Å². The van der Waals surface area contributed by atoms with Crippen LogP contribution in [0, 0.1) is 0 Å². The Kier molecular flexibility index (Phi) is 4.20. The molecule has 1 heterocycles. The van der Waals surface area contributed by atoms with E-state index in [0.717, 1.165) is 5.56 Å². The standard InChI is InChI=1S/C13H19ClN2O2S/c1-9(2)10-3-4-12(14)13(7-10)19(17,18)16-6-5-11(15)8-16/h3-4,7,9,11H,5-6,8,15H2,1-2H3. The molecule has 106 valence electrons. The summed E-state index contributed by atoms with van der Waals surface area (Å²) in [5, 5.41) is 0.268. The van der Waals surface area contributed by atoms with Gasteiger partial charge in [0.2, 0.25) is 10.0 Å². The van der Waals surface area contributed by atoms with Crippen LogP contribution in [0.4, 0.5) is 0 Å². The summed E-state index contributed by atoms with van der Waals surface area (Å²) < 4.78 is 26.5. The summed E-state index contributed by atoms with van der Waals surface area (Å²) in [5.74, 6) is 0.257. The molecule has 0 amide bonds. The SMILES string of the molecule is CC(C)c1ccc(Cl)c(S(=O)(=O)N2CCC(N)C2)c1. The van der Waals surface area contributed by atoms with Crippen LogP contribution in [0.3, 0.4) is 0 Å². The minimum atomic E-state index is -3.54. The molecule has 19 heavy (non-hydrogen) atoms. The Morgan fingerprint density at radius 2 is 2.11 bits per heavy atom. The first kappa shape index (κ1) is 14.8. The third-order valence-electron chi connectivity index (χ3n) is 3.43. The third-order valence-corrected chi connectivity index (χ3v) is 5.77. The zero-order valence-corrected chi connectivity index (χ0v) is 12.7. The van der Waals surface area contributed by atoms with Crippen LogP contribution in [0.1, 0.15) is 31.7 Å². The first-order valence-corrected chi connectivity index (χ1v) is 8.19. The Hall–Kier alpha value is -0.620. The number of nitrogens with two attached hydrogens (primary N) is 1. The molecule has 1 atom stereocenters. The van der Waals surface area contributed by atoms with Gasteiger partial charge in [-0.2, -0.15) is 4.31 Å². The van der Waals surface area contributed by atoms with Crippen molar-refractivity contribution in [3.05, 3.63) is 28.8 Å². The van der Waals surface area contributed by atoms with Crippen molar-refractivity contribution in [3.8, 4) is 0 Å². The molecule has 1 aromatic rings. The van der Waals surface area contributed by atoms with Crippen molar-refractivity contribution in [2.24, 2.45) is 5.73 Å². The smallest absolute Gasteiger partial charge is 0.244 e. The van der Waals surface area contributed by atoms with E-state index in [4.69, 9.17) is 17.3 Å². The van der Waals surface area contributed by atoms with Gasteiger partial charge in [0.1, 0.15) is 4.90 Å². The highest BCUT2D eigenvalue weighted by Gasteiger charge is 2.32. The molecule has 0 radical (unpaired) electrons. The zero-order valence-electron chi connectivity index (χ0n) is 11.1. The Balaban J connectivity index is 2.42. The van der Waals surface area contributed by atoms with Crippen molar-refractivity contribution in [1.82, 2.24) is 4.31 Å². The highest BCUT2D eigenvalue weighted by atomic mass is 35.5. The first-order chi connectivity index (χ1) is 8.82. The van der Waals surface area contributed by atoms with Gasteiger partial charge in [-0.15, -0.1) is 0 Å². The van der Waals surface area contributed by atoms with Crippen LogP contribution in [-0.2, 0) is 10.0 Å². The van der Waals surface area contributed by atoms with E-state index in [-0.39, 0.29) is 21.9 Å². The maximum absolute atomic E-state index is 12.6. The number of rotatable bonds is 3. The van der Waals surface area contributed by atoms with Crippen molar-refractivity contribution in [3.63, 3.8) is 0 Å². The molecule has 1 aliphatic rings. The van der Waals surface area contributed by atoms with E-state index in [1.807, 2.05) is 19.9 Å². The maximum Gasteiger partial charge on any atom is 0.244 e.